The van der Waals surface area contributed by atoms with Gasteiger partial charge in [-0.05, 0) is 0 Å². The van der Waals surface area contributed by atoms with Crippen molar-refractivity contribution in [2.45, 2.75) is 0 Å². The molecular formula is C17H21N7O2. The number of anilines is 3. The zero-order valence-electron chi connectivity index (χ0n) is 14.5. The third-order valence-electron chi connectivity index (χ3n) is 5.16. The first-order valence-electron chi connectivity index (χ1n) is 8.83. The minimum atomic E-state index is 0.256. The van der Waals surface area contributed by atoms with Gasteiger partial charge >= 0.3 is 0 Å². The van der Waals surface area contributed by atoms with Gasteiger partial charge in [0, 0.05) is 50.2 Å². The lowest BCUT2D eigenvalue weighted by Gasteiger charge is -2.55. The molecule has 0 aliphatic carbocycles. The number of nitrogen functional groups attached to an aromatic ring is 1. The Kier molecular flexibility index (Phi) is 3.64. The number of hydrogen-bond donors (Lipinski definition) is 1. The van der Waals surface area contributed by atoms with Crippen molar-refractivity contribution in [3.05, 3.63) is 18.5 Å². The first-order chi connectivity index (χ1) is 12.7. The van der Waals surface area contributed by atoms with Crippen molar-refractivity contribution in [3.8, 4) is 11.3 Å². The highest BCUT2D eigenvalue weighted by atomic mass is 16.5. The Morgan fingerprint density at radius 3 is 2.35 bits per heavy atom. The van der Waals surface area contributed by atoms with Crippen molar-refractivity contribution in [3.63, 3.8) is 0 Å². The van der Waals surface area contributed by atoms with Crippen LogP contribution >= 0.6 is 0 Å². The van der Waals surface area contributed by atoms with Crippen molar-refractivity contribution in [1.29, 1.82) is 0 Å². The van der Waals surface area contributed by atoms with E-state index in [-0.39, 0.29) is 5.95 Å². The van der Waals surface area contributed by atoms with Crippen LogP contribution in [0.25, 0.3) is 11.3 Å². The summed E-state index contributed by atoms with van der Waals surface area (Å²) in [4.78, 5) is 22.2. The van der Waals surface area contributed by atoms with E-state index >= 15 is 0 Å². The molecule has 5 rings (SSSR count). The molecule has 9 heteroatoms. The fraction of sp³-hybridized carbons (Fsp3) is 0.529. The molecule has 0 aromatic carbocycles. The van der Waals surface area contributed by atoms with Crippen molar-refractivity contribution in [1.82, 2.24) is 19.9 Å². The molecule has 0 radical (unpaired) electrons. The Balaban J connectivity index is 1.49. The van der Waals surface area contributed by atoms with Crippen LogP contribution in [0, 0.1) is 5.41 Å². The summed E-state index contributed by atoms with van der Waals surface area (Å²) in [6.07, 6.45) is 3.41. The molecule has 2 aromatic heterocycles. The van der Waals surface area contributed by atoms with E-state index in [2.05, 4.69) is 19.8 Å². The smallest absolute Gasteiger partial charge is 0.227 e. The molecule has 1 spiro atoms. The maximum atomic E-state index is 5.61. The fourth-order valence-corrected chi connectivity index (χ4v) is 3.61. The SMILES string of the molecule is Nc1ncc(-c2cc(N3CCOCC3)nc(N3CC4(COC4)C3)n2)cn1. The van der Waals surface area contributed by atoms with Gasteiger partial charge in [0.05, 0.1) is 37.5 Å². The summed E-state index contributed by atoms with van der Waals surface area (Å²) in [6.45, 7) is 6.64. The Hall–Kier alpha value is -2.52. The quantitative estimate of drug-likeness (QED) is 0.826. The number of nitrogens with two attached hydrogens (primary N) is 1. The van der Waals surface area contributed by atoms with Crippen LogP contribution in [0.1, 0.15) is 0 Å². The van der Waals surface area contributed by atoms with Gasteiger partial charge in [0.15, 0.2) is 0 Å². The first kappa shape index (κ1) is 15.7. The van der Waals surface area contributed by atoms with E-state index < -0.39 is 0 Å². The molecule has 3 aliphatic heterocycles. The highest BCUT2D eigenvalue weighted by molar-refractivity contribution is 5.64. The fourth-order valence-electron chi connectivity index (χ4n) is 3.61. The van der Waals surface area contributed by atoms with E-state index in [4.69, 9.17) is 25.2 Å². The van der Waals surface area contributed by atoms with Crippen LogP contribution in [0.3, 0.4) is 0 Å². The normalized spacial score (nSPS) is 21.4. The summed E-state index contributed by atoms with van der Waals surface area (Å²) in [7, 11) is 0. The molecule has 0 saturated carbocycles. The Morgan fingerprint density at radius 2 is 1.69 bits per heavy atom. The van der Waals surface area contributed by atoms with Gasteiger partial charge in [0.25, 0.3) is 0 Å². The van der Waals surface area contributed by atoms with Gasteiger partial charge in [-0.1, -0.05) is 0 Å². The standard InChI is InChI=1S/C17H21N7O2/c18-15-19-6-12(7-20-15)13-5-14(23-1-3-25-4-2-23)22-16(21-13)24-8-17(9-24)10-26-11-17/h5-7H,1-4,8-11H2,(H2,18,19,20). The number of hydrogen-bond acceptors (Lipinski definition) is 9. The summed E-state index contributed by atoms with van der Waals surface area (Å²) in [5.74, 6) is 1.92. The van der Waals surface area contributed by atoms with Gasteiger partial charge in [-0.2, -0.15) is 4.98 Å². The highest BCUT2D eigenvalue weighted by Crippen LogP contribution is 2.40. The number of rotatable bonds is 3. The monoisotopic (exact) mass is 355 g/mol. The third-order valence-corrected chi connectivity index (χ3v) is 5.16. The zero-order chi connectivity index (χ0) is 17.6. The lowest BCUT2D eigenvalue weighted by Crippen LogP contribution is -2.66. The van der Waals surface area contributed by atoms with Crippen LogP contribution in [-0.4, -0.2) is 72.5 Å². The first-order valence-corrected chi connectivity index (χ1v) is 8.83. The number of nitrogens with zero attached hydrogens (tertiary/aromatic N) is 6. The summed E-state index contributed by atoms with van der Waals surface area (Å²) < 4.78 is 10.8. The molecular weight excluding hydrogens is 334 g/mol. The molecule has 3 fully saturated rings. The van der Waals surface area contributed by atoms with E-state index in [1.807, 2.05) is 6.07 Å². The molecule has 5 heterocycles. The van der Waals surface area contributed by atoms with Crippen molar-refractivity contribution < 1.29 is 9.47 Å². The van der Waals surface area contributed by atoms with Crippen molar-refractivity contribution >= 4 is 17.7 Å². The summed E-state index contributed by atoms with van der Waals surface area (Å²) in [5.41, 5.74) is 7.56. The summed E-state index contributed by atoms with van der Waals surface area (Å²) >= 11 is 0. The van der Waals surface area contributed by atoms with Crippen LogP contribution in [0.5, 0.6) is 0 Å². The zero-order valence-corrected chi connectivity index (χ0v) is 14.5. The lowest BCUT2D eigenvalue weighted by atomic mass is 9.78. The minimum Gasteiger partial charge on any atom is -0.380 e. The Morgan fingerprint density at radius 1 is 0.962 bits per heavy atom. The predicted molar refractivity (Wildman–Crippen MR) is 96.0 cm³/mol. The molecule has 0 amide bonds. The van der Waals surface area contributed by atoms with Crippen LogP contribution in [0.4, 0.5) is 17.7 Å². The summed E-state index contributed by atoms with van der Waals surface area (Å²) in [5, 5.41) is 0. The third kappa shape index (κ3) is 2.73. The van der Waals surface area contributed by atoms with Gasteiger partial charge in [0.2, 0.25) is 11.9 Å². The summed E-state index contributed by atoms with van der Waals surface area (Å²) in [6, 6.07) is 1.99. The molecule has 2 N–H and O–H groups in total. The maximum absolute atomic E-state index is 5.61. The van der Waals surface area contributed by atoms with E-state index in [9.17, 15) is 0 Å². The molecule has 0 bridgehead atoms. The Bertz CT molecular complexity index is 795. The van der Waals surface area contributed by atoms with Gasteiger partial charge in [0.1, 0.15) is 5.82 Å². The Labute approximate surface area is 151 Å². The van der Waals surface area contributed by atoms with Crippen LogP contribution in [0.15, 0.2) is 18.5 Å². The molecule has 2 aromatic rings. The largest absolute Gasteiger partial charge is 0.380 e. The predicted octanol–water partition coefficient (Wildman–Crippen LogP) is 0.189. The van der Waals surface area contributed by atoms with E-state index in [0.717, 1.165) is 62.4 Å². The molecule has 9 nitrogen and oxygen atoms in total. The van der Waals surface area contributed by atoms with Crippen molar-refractivity contribution in [2.24, 2.45) is 5.41 Å². The molecule has 3 aliphatic rings. The van der Waals surface area contributed by atoms with Gasteiger partial charge in [-0.15, -0.1) is 0 Å². The van der Waals surface area contributed by atoms with Crippen LogP contribution < -0.4 is 15.5 Å². The second-order valence-electron chi connectivity index (χ2n) is 7.19. The molecule has 0 atom stereocenters. The van der Waals surface area contributed by atoms with E-state index in [1.165, 1.54) is 0 Å². The van der Waals surface area contributed by atoms with Crippen LogP contribution in [-0.2, 0) is 9.47 Å². The molecule has 26 heavy (non-hydrogen) atoms. The number of morpholine rings is 1. The molecule has 3 saturated heterocycles. The number of ether oxygens (including phenoxy) is 2. The highest BCUT2D eigenvalue weighted by Gasteiger charge is 2.50. The maximum Gasteiger partial charge on any atom is 0.227 e. The van der Waals surface area contributed by atoms with E-state index in [1.54, 1.807) is 12.4 Å². The average Bonchev–Trinajstić information content (AvgIpc) is 2.60. The molecule has 136 valence electrons. The topological polar surface area (TPSA) is 103 Å². The minimum absolute atomic E-state index is 0.256. The second-order valence-corrected chi connectivity index (χ2v) is 7.19. The van der Waals surface area contributed by atoms with Gasteiger partial charge < -0.3 is 25.0 Å². The second kappa shape index (κ2) is 6.03. The van der Waals surface area contributed by atoms with E-state index in [0.29, 0.717) is 18.6 Å². The van der Waals surface area contributed by atoms with Crippen molar-refractivity contribution in [2.75, 3.05) is 68.1 Å². The van der Waals surface area contributed by atoms with Gasteiger partial charge in [-0.3, -0.25) is 0 Å². The molecule has 0 unspecified atom stereocenters. The number of aromatic nitrogens is 4. The lowest BCUT2D eigenvalue weighted by molar-refractivity contribution is -0.127. The van der Waals surface area contributed by atoms with Gasteiger partial charge in [-0.25, -0.2) is 15.0 Å². The average molecular weight is 355 g/mol. The van der Waals surface area contributed by atoms with Crippen LogP contribution in [0.2, 0.25) is 0 Å².